The fourth-order valence-electron chi connectivity index (χ4n) is 3.29. The van der Waals surface area contributed by atoms with Crippen molar-refractivity contribution in [3.05, 3.63) is 64.8 Å². The number of pyridine rings is 1. The minimum atomic E-state index is -3.58. The number of carbonyl (C=O) groups is 1. The third-order valence-corrected chi connectivity index (χ3v) is 6.90. The van der Waals surface area contributed by atoms with E-state index in [1.165, 1.54) is 20.2 Å². The van der Waals surface area contributed by atoms with Gasteiger partial charge in [0.2, 0.25) is 15.9 Å². The van der Waals surface area contributed by atoms with Gasteiger partial charge in [0.1, 0.15) is 0 Å². The number of carbonyl (C=O) groups excluding carboxylic acids is 1. The summed E-state index contributed by atoms with van der Waals surface area (Å²) in [6, 6.07) is 12.6. The molecule has 0 fully saturated rings. The number of para-hydroxylation sites is 1. The lowest BCUT2D eigenvalue weighted by molar-refractivity contribution is -0.115. The molecule has 0 bridgehead atoms. The van der Waals surface area contributed by atoms with Crippen LogP contribution in [0.15, 0.2) is 47.4 Å². The van der Waals surface area contributed by atoms with E-state index in [9.17, 15) is 13.2 Å². The second kappa shape index (κ2) is 7.93. The van der Waals surface area contributed by atoms with Crippen molar-refractivity contribution >= 4 is 32.5 Å². The summed E-state index contributed by atoms with van der Waals surface area (Å²) in [5, 5.41) is 3.89. The number of aryl methyl sites for hydroxylation is 3. The van der Waals surface area contributed by atoms with E-state index in [4.69, 9.17) is 0 Å². The number of hydrogen-bond acceptors (Lipinski definition) is 4. The summed E-state index contributed by atoms with van der Waals surface area (Å²) < 4.78 is 25.9. The van der Waals surface area contributed by atoms with E-state index in [1.54, 1.807) is 12.1 Å². The molecule has 0 aliphatic rings. The van der Waals surface area contributed by atoms with Gasteiger partial charge in [-0.3, -0.25) is 9.78 Å². The Morgan fingerprint density at radius 1 is 1.07 bits per heavy atom. The largest absolute Gasteiger partial charge is 0.326 e. The molecule has 7 heteroatoms. The number of nitrogens with one attached hydrogen (secondary N) is 1. The van der Waals surface area contributed by atoms with E-state index in [1.807, 2.05) is 45.0 Å². The van der Waals surface area contributed by atoms with Crippen molar-refractivity contribution in [1.29, 1.82) is 0 Å². The molecule has 29 heavy (non-hydrogen) atoms. The van der Waals surface area contributed by atoms with Gasteiger partial charge in [0.05, 0.1) is 16.8 Å². The topological polar surface area (TPSA) is 79.4 Å². The standard InChI is InChI=1S/C22H25N3O3S/c1-14-10-11-17(29(27,28)25(4)5)12-21(14)24-22(26)13-19-15(2)18-8-6-7-9-20(18)23-16(19)3/h6-12H,13H2,1-5H3,(H,24,26). The van der Waals surface area contributed by atoms with Gasteiger partial charge in [-0.15, -0.1) is 0 Å². The van der Waals surface area contributed by atoms with Crippen LogP contribution in [0, 0.1) is 20.8 Å². The Morgan fingerprint density at radius 3 is 2.45 bits per heavy atom. The van der Waals surface area contributed by atoms with Crippen molar-refractivity contribution in [3.63, 3.8) is 0 Å². The predicted octanol–water partition coefficient (Wildman–Crippen LogP) is 3.59. The number of aromatic nitrogens is 1. The third-order valence-electron chi connectivity index (χ3n) is 5.08. The van der Waals surface area contributed by atoms with Crippen LogP contribution in [0.1, 0.15) is 22.4 Å². The van der Waals surface area contributed by atoms with Gasteiger partial charge >= 0.3 is 0 Å². The molecule has 6 nitrogen and oxygen atoms in total. The number of anilines is 1. The van der Waals surface area contributed by atoms with E-state index in [0.717, 1.165) is 37.6 Å². The van der Waals surface area contributed by atoms with Crippen molar-refractivity contribution in [2.45, 2.75) is 32.1 Å². The average molecular weight is 412 g/mol. The normalized spacial score (nSPS) is 11.8. The first-order chi connectivity index (χ1) is 13.6. The Bertz CT molecular complexity index is 1200. The maximum absolute atomic E-state index is 12.8. The van der Waals surface area contributed by atoms with Crippen LogP contribution < -0.4 is 5.32 Å². The molecule has 3 aromatic rings. The molecule has 3 rings (SSSR count). The number of hydrogen-bond donors (Lipinski definition) is 1. The molecule has 0 aliphatic carbocycles. The molecular weight excluding hydrogens is 386 g/mol. The maximum Gasteiger partial charge on any atom is 0.242 e. The fourth-order valence-corrected chi connectivity index (χ4v) is 4.22. The van der Waals surface area contributed by atoms with Crippen molar-refractivity contribution in [3.8, 4) is 0 Å². The monoisotopic (exact) mass is 411 g/mol. The summed E-state index contributed by atoms with van der Waals surface area (Å²) in [5.41, 5.74) is 4.92. The van der Waals surface area contributed by atoms with E-state index < -0.39 is 10.0 Å². The van der Waals surface area contributed by atoms with Gasteiger partial charge in [-0.25, -0.2) is 12.7 Å². The Kier molecular flexibility index (Phi) is 5.73. The van der Waals surface area contributed by atoms with Crippen LogP contribution in [-0.2, 0) is 21.2 Å². The zero-order valence-corrected chi connectivity index (χ0v) is 18.1. The van der Waals surface area contributed by atoms with Gasteiger partial charge in [0, 0.05) is 30.9 Å². The van der Waals surface area contributed by atoms with E-state index in [2.05, 4.69) is 10.3 Å². The van der Waals surface area contributed by atoms with Crippen molar-refractivity contribution in [1.82, 2.24) is 9.29 Å². The van der Waals surface area contributed by atoms with E-state index in [-0.39, 0.29) is 17.2 Å². The summed E-state index contributed by atoms with van der Waals surface area (Å²) in [6.45, 7) is 5.72. The first kappa shape index (κ1) is 21.0. The van der Waals surface area contributed by atoms with Crippen LogP contribution in [0.2, 0.25) is 0 Å². The van der Waals surface area contributed by atoms with E-state index in [0.29, 0.717) is 5.69 Å². The molecular formula is C22H25N3O3S. The molecule has 0 saturated heterocycles. The summed E-state index contributed by atoms with van der Waals surface area (Å²) in [4.78, 5) is 17.5. The van der Waals surface area contributed by atoms with Gasteiger partial charge in [-0.05, 0) is 55.7 Å². The third kappa shape index (κ3) is 4.16. The lowest BCUT2D eigenvalue weighted by Gasteiger charge is -2.15. The van der Waals surface area contributed by atoms with Gasteiger partial charge in [0.15, 0.2) is 0 Å². The number of sulfonamides is 1. The van der Waals surface area contributed by atoms with Gasteiger partial charge in [-0.1, -0.05) is 24.3 Å². The molecule has 0 atom stereocenters. The Balaban J connectivity index is 1.90. The molecule has 0 unspecified atom stereocenters. The summed E-state index contributed by atoms with van der Waals surface area (Å²) in [5.74, 6) is -0.212. The maximum atomic E-state index is 12.8. The first-order valence-electron chi connectivity index (χ1n) is 9.29. The first-order valence-corrected chi connectivity index (χ1v) is 10.7. The molecule has 1 aromatic heterocycles. The quantitative estimate of drug-likeness (QED) is 0.696. The smallest absolute Gasteiger partial charge is 0.242 e. The lowest BCUT2D eigenvalue weighted by atomic mass is 9.99. The Hall–Kier alpha value is -2.77. The molecule has 152 valence electrons. The Morgan fingerprint density at radius 2 is 1.76 bits per heavy atom. The molecule has 0 spiro atoms. The minimum Gasteiger partial charge on any atom is -0.326 e. The predicted molar refractivity (Wildman–Crippen MR) is 116 cm³/mol. The average Bonchev–Trinajstić information content (AvgIpc) is 2.66. The number of amides is 1. The Labute approximate surface area is 171 Å². The molecule has 1 N–H and O–H groups in total. The van der Waals surface area contributed by atoms with Crippen molar-refractivity contribution in [2.75, 3.05) is 19.4 Å². The van der Waals surface area contributed by atoms with Gasteiger partial charge in [0.25, 0.3) is 0 Å². The summed E-state index contributed by atoms with van der Waals surface area (Å²) in [6.07, 6.45) is 0.166. The van der Waals surface area contributed by atoms with Crippen molar-refractivity contribution in [2.24, 2.45) is 0 Å². The van der Waals surface area contributed by atoms with Crippen LogP contribution in [-0.4, -0.2) is 37.7 Å². The van der Waals surface area contributed by atoms with Crippen molar-refractivity contribution < 1.29 is 13.2 Å². The molecule has 1 heterocycles. The summed E-state index contributed by atoms with van der Waals surface area (Å²) in [7, 11) is -0.621. The minimum absolute atomic E-state index is 0.142. The van der Waals surface area contributed by atoms with Crippen LogP contribution in [0.25, 0.3) is 10.9 Å². The molecule has 0 radical (unpaired) electrons. The highest BCUT2D eigenvalue weighted by Crippen LogP contribution is 2.25. The number of fused-ring (bicyclic) bond motifs is 1. The van der Waals surface area contributed by atoms with Gasteiger partial charge in [-0.2, -0.15) is 0 Å². The van der Waals surface area contributed by atoms with Crippen LogP contribution >= 0.6 is 0 Å². The lowest BCUT2D eigenvalue weighted by Crippen LogP contribution is -2.23. The molecule has 2 aromatic carbocycles. The second-order valence-electron chi connectivity index (χ2n) is 7.31. The van der Waals surface area contributed by atoms with Crippen LogP contribution in [0.3, 0.4) is 0 Å². The zero-order valence-electron chi connectivity index (χ0n) is 17.3. The fraction of sp³-hybridized carbons (Fsp3) is 0.273. The highest BCUT2D eigenvalue weighted by atomic mass is 32.2. The molecule has 1 amide bonds. The van der Waals surface area contributed by atoms with Crippen LogP contribution in [0.4, 0.5) is 5.69 Å². The highest BCUT2D eigenvalue weighted by Gasteiger charge is 2.19. The van der Waals surface area contributed by atoms with E-state index >= 15 is 0 Å². The number of rotatable bonds is 5. The van der Waals surface area contributed by atoms with Gasteiger partial charge < -0.3 is 5.32 Å². The second-order valence-corrected chi connectivity index (χ2v) is 9.46. The zero-order chi connectivity index (χ0) is 21.3. The van der Waals surface area contributed by atoms with Crippen LogP contribution in [0.5, 0.6) is 0 Å². The highest BCUT2D eigenvalue weighted by molar-refractivity contribution is 7.89. The number of nitrogens with zero attached hydrogens (tertiary/aromatic N) is 2. The molecule has 0 aliphatic heterocycles. The molecule has 0 saturated carbocycles. The SMILES string of the molecule is Cc1ccc(S(=O)(=O)N(C)C)cc1NC(=O)Cc1c(C)nc2ccccc2c1C. The summed E-state index contributed by atoms with van der Waals surface area (Å²) >= 11 is 0. The number of benzene rings is 2.